The fourth-order valence-electron chi connectivity index (χ4n) is 1.17. The van der Waals surface area contributed by atoms with Gasteiger partial charge in [-0.3, -0.25) is 0 Å². The van der Waals surface area contributed by atoms with Crippen LogP contribution in [0.1, 0.15) is 19.8 Å². The Bertz CT molecular complexity index is 373. The maximum absolute atomic E-state index is 5.79. The van der Waals surface area contributed by atoms with E-state index in [0.717, 1.165) is 23.1 Å². The van der Waals surface area contributed by atoms with Crippen molar-refractivity contribution < 1.29 is 0 Å². The van der Waals surface area contributed by atoms with E-state index >= 15 is 0 Å². The number of hydrogen-bond donors (Lipinski definition) is 1. The van der Waals surface area contributed by atoms with Gasteiger partial charge in [-0.25, -0.2) is 4.98 Å². The minimum absolute atomic E-state index is 0.0139. The van der Waals surface area contributed by atoms with E-state index in [4.69, 9.17) is 18.0 Å². The van der Waals surface area contributed by atoms with Gasteiger partial charge < -0.3 is 5.32 Å². The van der Waals surface area contributed by atoms with Crippen LogP contribution in [0.3, 0.4) is 0 Å². The molecule has 80 valence electrons. The number of terminal acetylenes is 1. The highest BCUT2D eigenvalue weighted by molar-refractivity contribution is 9.10. The summed E-state index contributed by atoms with van der Waals surface area (Å²) in [4.78, 5) is 4.16. The fourth-order valence-corrected chi connectivity index (χ4v) is 1.92. The van der Waals surface area contributed by atoms with Crippen LogP contribution in [-0.4, -0.2) is 11.0 Å². The van der Waals surface area contributed by atoms with Crippen molar-refractivity contribution in [2.45, 2.75) is 25.8 Å². The predicted molar refractivity (Wildman–Crippen MR) is 68.1 cm³/mol. The van der Waals surface area contributed by atoms with Gasteiger partial charge in [0.1, 0.15) is 5.82 Å². The molecule has 0 saturated carbocycles. The average Bonchev–Trinajstić information content (AvgIpc) is 2.21. The molecule has 0 saturated heterocycles. The monoisotopic (exact) mass is 286 g/mol. The molecule has 1 heterocycles. The van der Waals surface area contributed by atoms with Crippen molar-refractivity contribution in [3.05, 3.63) is 21.8 Å². The molecule has 0 bridgehead atoms. The number of nitrogens with one attached hydrogen (secondary N) is 1. The maximum atomic E-state index is 5.79. The van der Waals surface area contributed by atoms with Crippen molar-refractivity contribution in [1.29, 1.82) is 0 Å². The Morgan fingerprint density at radius 1 is 1.73 bits per heavy atom. The maximum Gasteiger partial charge on any atom is 0.141 e. The molecule has 1 rings (SSSR count). The first-order valence-corrected chi connectivity index (χ1v) is 5.88. The van der Waals surface area contributed by atoms with Gasteiger partial charge in [0.2, 0.25) is 0 Å². The Labute approximate surface area is 104 Å². The van der Waals surface area contributed by atoms with Crippen molar-refractivity contribution >= 4 is 33.3 Å². The summed E-state index contributed by atoms with van der Waals surface area (Å²) in [7, 11) is 0. The molecule has 1 atom stereocenters. The largest absolute Gasteiger partial charge is 0.356 e. The van der Waals surface area contributed by atoms with Crippen LogP contribution in [0.25, 0.3) is 0 Å². The van der Waals surface area contributed by atoms with E-state index in [9.17, 15) is 0 Å². The quantitative estimate of drug-likeness (QED) is 0.854. The number of anilines is 1. The van der Waals surface area contributed by atoms with Gasteiger partial charge in [0.25, 0.3) is 0 Å². The SMILES string of the molecule is C#CC(CCC)Nc1ncc(Cl)cc1Br. The topological polar surface area (TPSA) is 24.9 Å². The first kappa shape index (κ1) is 12.4. The Kier molecular flexibility index (Phi) is 4.93. The van der Waals surface area contributed by atoms with E-state index in [0.29, 0.717) is 5.02 Å². The summed E-state index contributed by atoms with van der Waals surface area (Å²) in [6, 6.07) is 1.80. The van der Waals surface area contributed by atoms with Crippen molar-refractivity contribution in [3.63, 3.8) is 0 Å². The average molecular weight is 288 g/mol. The van der Waals surface area contributed by atoms with Gasteiger partial charge in [-0.15, -0.1) is 6.42 Å². The van der Waals surface area contributed by atoms with Crippen LogP contribution in [-0.2, 0) is 0 Å². The number of aromatic nitrogens is 1. The Morgan fingerprint density at radius 3 is 3.00 bits per heavy atom. The summed E-state index contributed by atoms with van der Waals surface area (Å²) in [5.74, 6) is 3.42. The molecule has 1 aromatic rings. The fraction of sp³-hybridized carbons (Fsp3) is 0.364. The summed E-state index contributed by atoms with van der Waals surface area (Å²) in [5, 5.41) is 3.77. The smallest absolute Gasteiger partial charge is 0.141 e. The van der Waals surface area contributed by atoms with Crippen LogP contribution >= 0.6 is 27.5 Å². The Balaban J connectivity index is 2.76. The van der Waals surface area contributed by atoms with E-state index in [1.54, 1.807) is 12.3 Å². The third-order valence-electron chi connectivity index (χ3n) is 1.90. The van der Waals surface area contributed by atoms with Gasteiger partial charge in [0, 0.05) is 6.20 Å². The highest BCUT2D eigenvalue weighted by atomic mass is 79.9. The molecular formula is C11H12BrClN2. The van der Waals surface area contributed by atoms with E-state index in [1.807, 2.05) is 0 Å². The Morgan fingerprint density at radius 2 is 2.47 bits per heavy atom. The minimum atomic E-state index is 0.0139. The molecule has 1 aromatic heterocycles. The first-order valence-electron chi connectivity index (χ1n) is 4.71. The van der Waals surface area contributed by atoms with Gasteiger partial charge >= 0.3 is 0 Å². The molecular weight excluding hydrogens is 275 g/mol. The first-order chi connectivity index (χ1) is 7.17. The molecule has 0 radical (unpaired) electrons. The predicted octanol–water partition coefficient (Wildman–Crippen LogP) is 3.71. The molecule has 1 N–H and O–H groups in total. The lowest BCUT2D eigenvalue weighted by Crippen LogP contribution is -2.17. The van der Waals surface area contributed by atoms with Gasteiger partial charge in [-0.05, 0) is 28.4 Å². The molecule has 0 aromatic carbocycles. The molecule has 1 unspecified atom stereocenters. The van der Waals surface area contributed by atoms with Crippen molar-refractivity contribution in [2.24, 2.45) is 0 Å². The van der Waals surface area contributed by atoms with Crippen molar-refractivity contribution in [2.75, 3.05) is 5.32 Å². The van der Waals surface area contributed by atoms with Crippen LogP contribution in [0.15, 0.2) is 16.7 Å². The van der Waals surface area contributed by atoms with Gasteiger partial charge in [0.15, 0.2) is 0 Å². The summed E-state index contributed by atoms with van der Waals surface area (Å²) in [5.41, 5.74) is 0. The van der Waals surface area contributed by atoms with Crippen LogP contribution in [0.2, 0.25) is 5.02 Å². The molecule has 0 aliphatic carbocycles. The van der Waals surface area contributed by atoms with E-state index in [-0.39, 0.29) is 6.04 Å². The molecule has 0 aliphatic heterocycles. The third-order valence-corrected chi connectivity index (χ3v) is 2.71. The third kappa shape index (κ3) is 3.73. The lowest BCUT2D eigenvalue weighted by atomic mass is 10.2. The molecule has 0 amide bonds. The molecule has 0 aliphatic rings. The van der Waals surface area contributed by atoms with E-state index in [1.165, 1.54) is 0 Å². The molecule has 4 heteroatoms. The molecule has 0 spiro atoms. The van der Waals surface area contributed by atoms with Crippen molar-refractivity contribution in [1.82, 2.24) is 4.98 Å². The van der Waals surface area contributed by atoms with Crippen LogP contribution in [0, 0.1) is 12.3 Å². The second-order valence-corrected chi connectivity index (χ2v) is 4.43. The molecule has 15 heavy (non-hydrogen) atoms. The van der Waals surface area contributed by atoms with Crippen molar-refractivity contribution in [3.8, 4) is 12.3 Å². The summed E-state index contributed by atoms with van der Waals surface area (Å²) in [6.07, 6.45) is 8.96. The van der Waals surface area contributed by atoms with Gasteiger partial charge in [0.05, 0.1) is 15.5 Å². The zero-order valence-corrected chi connectivity index (χ0v) is 10.8. The number of nitrogens with zero attached hydrogens (tertiary/aromatic N) is 1. The summed E-state index contributed by atoms with van der Waals surface area (Å²) in [6.45, 7) is 2.09. The highest BCUT2D eigenvalue weighted by Crippen LogP contribution is 2.24. The zero-order chi connectivity index (χ0) is 11.3. The highest BCUT2D eigenvalue weighted by Gasteiger charge is 2.07. The summed E-state index contributed by atoms with van der Waals surface area (Å²) < 4.78 is 0.825. The zero-order valence-electron chi connectivity index (χ0n) is 8.43. The standard InChI is InChI=1S/C11H12BrClN2/c1-3-5-9(4-2)15-11-10(12)6-8(13)7-14-11/h2,6-7,9H,3,5H2,1H3,(H,14,15). The summed E-state index contributed by atoms with van der Waals surface area (Å²) >= 11 is 9.17. The lowest BCUT2D eigenvalue weighted by Gasteiger charge is -2.13. The van der Waals surface area contributed by atoms with Crippen LogP contribution in [0.4, 0.5) is 5.82 Å². The second-order valence-electron chi connectivity index (χ2n) is 3.14. The second kappa shape index (κ2) is 5.99. The molecule has 0 fully saturated rings. The van der Waals surface area contributed by atoms with Crippen LogP contribution < -0.4 is 5.32 Å². The van der Waals surface area contributed by atoms with Gasteiger partial charge in [-0.2, -0.15) is 0 Å². The lowest BCUT2D eigenvalue weighted by molar-refractivity contribution is 0.752. The number of hydrogen-bond acceptors (Lipinski definition) is 2. The van der Waals surface area contributed by atoms with E-state index < -0.39 is 0 Å². The van der Waals surface area contributed by atoms with Gasteiger partial charge in [-0.1, -0.05) is 30.9 Å². The Hall–Kier alpha value is -0.720. The number of pyridine rings is 1. The number of halogens is 2. The minimum Gasteiger partial charge on any atom is -0.356 e. The van der Waals surface area contributed by atoms with E-state index in [2.05, 4.69) is 39.1 Å². The molecule has 2 nitrogen and oxygen atoms in total. The van der Waals surface area contributed by atoms with Crippen LogP contribution in [0.5, 0.6) is 0 Å². The normalized spacial score (nSPS) is 11.9. The number of rotatable bonds is 4.